The van der Waals surface area contributed by atoms with Gasteiger partial charge in [0.15, 0.2) is 12.1 Å². The molecule has 0 aliphatic carbocycles. The van der Waals surface area contributed by atoms with Crippen molar-refractivity contribution in [2.45, 2.75) is 167 Å². The van der Waals surface area contributed by atoms with Gasteiger partial charge in [-0.25, -0.2) is 4.79 Å². The number of hydrogen-bond donors (Lipinski definition) is 1. The number of hydrogen-bond acceptors (Lipinski definition) is 6. The van der Waals surface area contributed by atoms with Gasteiger partial charge in [-0.1, -0.05) is 146 Å². The lowest BCUT2D eigenvalue weighted by atomic mass is 10.0. The maximum Gasteiger partial charge on any atom is 0.362 e. The van der Waals surface area contributed by atoms with Crippen molar-refractivity contribution in [1.82, 2.24) is 0 Å². The Labute approximate surface area is 312 Å². The lowest BCUT2D eigenvalue weighted by molar-refractivity contribution is -0.887. The standard InChI is InChI=1S/C43H75NO7/c1-6-8-10-12-14-16-18-20-22-23-25-27-29-31-33-41(45)50-38-39(37-49-36-35-40(43(47)48)44(3,4)5)51-42(46)34-32-30-28-26-24-21-19-17-15-13-11-9-7-2/h9,11,15,17,21,24,28,30,39-40H,6-8,10,12-14,16,18-20,22-23,25-27,29,31-38H2,1-5H3/p+1/b11-9-,17-15-,24-21-,30-28-. The second kappa shape index (κ2) is 34.4. The highest BCUT2D eigenvalue weighted by Crippen LogP contribution is 2.14. The van der Waals surface area contributed by atoms with Gasteiger partial charge in [-0.15, -0.1) is 0 Å². The summed E-state index contributed by atoms with van der Waals surface area (Å²) in [5.74, 6) is -1.57. The Kier molecular flexibility index (Phi) is 32.6. The van der Waals surface area contributed by atoms with Gasteiger partial charge in [0.1, 0.15) is 6.61 Å². The van der Waals surface area contributed by atoms with E-state index >= 15 is 0 Å². The van der Waals surface area contributed by atoms with Crippen LogP contribution in [0.15, 0.2) is 48.6 Å². The van der Waals surface area contributed by atoms with Gasteiger partial charge in [-0.2, -0.15) is 0 Å². The highest BCUT2D eigenvalue weighted by molar-refractivity contribution is 5.72. The minimum Gasteiger partial charge on any atom is -0.477 e. The maximum absolute atomic E-state index is 12.6. The molecule has 2 unspecified atom stereocenters. The van der Waals surface area contributed by atoms with Crippen LogP contribution in [-0.4, -0.2) is 80.6 Å². The van der Waals surface area contributed by atoms with E-state index in [1.54, 1.807) is 0 Å². The first-order valence-electron chi connectivity index (χ1n) is 20.2. The average Bonchev–Trinajstić information content (AvgIpc) is 3.08. The van der Waals surface area contributed by atoms with Gasteiger partial charge in [0.2, 0.25) is 0 Å². The number of carbonyl (C=O) groups is 3. The highest BCUT2D eigenvalue weighted by atomic mass is 16.6. The third-order valence-corrected chi connectivity index (χ3v) is 8.76. The summed E-state index contributed by atoms with van der Waals surface area (Å²) in [5, 5.41) is 9.59. The molecule has 0 heterocycles. The number of aliphatic carboxylic acids is 1. The van der Waals surface area contributed by atoms with E-state index in [0.29, 0.717) is 19.3 Å². The average molecular weight is 719 g/mol. The molecule has 0 aliphatic rings. The van der Waals surface area contributed by atoms with Gasteiger partial charge >= 0.3 is 17.9 Å². The topological polar surface area (TPSA) is 99.1 Å². The normalized spacial score (nSPS) is 13.5. The summed E-state index contributed by atoms with van der Waals surface area (Å²) in [6.07, 6.45) is 38.8. The second-order valence-corrected chi connectivity index (χ2v) is 14.5. The molecule has 0 rings (SSSR count). The zero-order valence-electron chi connectivity index (χ0n) is 33.3. The van der Waals surface area contributed by atoms with E-state index in [4.69, 9.17) is 14.2 Å². The van der Waals surface area contributed by atoms with Crippen LogP contribution >= 0.6 is 0 Å². The summed E-state index contributed by atoms with van der Waals surface area (Å²) in [7, 11) is 5.49. The molecule has 8 nitrogen and oxygen atoms in total. The summed E-state index contributed by atoms with van der Waals surface area (Å²) in [6, 6.07) is -0.625. The fourth-order valence-corrected chi connectivity index (χ4v) is 5.63. The number of carboxylic acids is 1. The largest absolute Gasteiger partial charge is 0.477 e. The lowest BCUT2D eigenvalue weighted by Gasteiger charge is -2.31. The van der Waals surface area contributed by atoms with Gasteiger partial charge in [0.05, 0.1) is 34.4 Å². The predicted molar refractivity (Wildman–Crippen MR) is 211 cm³/mol. The maximum atomic E-state index is 12.6. The predicted octanol–water partition coefficient (Wildman–Crippen LogP) is 10.5. The van der Waals surface area contributed by atoms with Crippen LogP contribution in [0.2, 0.25) is 0 Å². The molecule has 0 saturated carbocycles. The van der Waals surface area contributed by atoms with Crippen LogP contribution in [0.3, 0.4) is 0 Å². The van der Waals surface area contributed by atoms with Gasteiger partial charge in [0.25, 0.3) is 0 Å². The van der Waals surface area contributed by atoms with Crippen molar-refractivity contribution in [2.24, 2.45) is 0 Å². The van der Waals surface area contributed by atoms with Crippen molar-refractivity contribution < 1.29 is 38.2 Å². The molecule has 294 valence electrons. The first kappa shape index (κ1) is 48.3. The number of carboxylic acid groups (broad SMARTS) is 1. The first-order valence-corrected chi connectivity index (χ1v) is 20.2. The second-order valence-electron chi connectivity index (χ2n) is 14.5. The van der Waals surface area contributed by atoms with E-state index in [9.17, 15) is 19.5 Å². The Hall–Kier alpha value is -2.71. The summed E-state index contributed by atoms with van der Waals surface area (Å²) in [5.41, 5.74) is 0. The number of likely N-dealkylation sites (N-methyl/N-ethyl adjacent to an activating group) is 1. The zero-order valence-corrected chi connectivity index (χ0v) is 33.3. The number of rotatable bonds is 35. The number of ether oxygens (including phenoxy) is 3. The number of quaternary nitrogens is 1. The third kappa shape index (κ3) is 32.9. The molecule has 0 amide bonds. The number of unbranched alkanes of at least 4 members (excludes halogenated alkanes) is 13. The van der Waals surface area contributed by atoms with E-state index in [1.807, 2.05) is 33.3 Å². The van der Waals surface area contributed by atoms with Crippen molar-refractivity contribution >= 4 is 17.9 Å². The molecule has 1 N–H and O–H groups in total. The SMILES string of the molecule is CC/C=C\C/C=C\C/C=C\C/C=C\CCC(=O)OC(COCCC(C(=O)O)[N+](C)(C)C)COC(=O)CCCCCCCCCCCCCCCC. The van der Waals surface area contributed by atoms with Gasteiger partial charge in [0, 0.05) is 19.3 Å². The number of carbonyl (C=O) groups excluding carboxylic acids is 2. The van der Waals surface area contributed by atoms with E-state index < -0.39 is 18.1 Å². The molecule has 0 aliphatic heterocycles. The molecule has 0 spiro atoms. The van der Waals surface area contributed by atoms with E-state index in [0.717, 1.165) is 44.9 Å². The Balaban J connectivity index is 4.48. The van der Waals surface area contributed by atoms with Crippen molar-refractivity contribution in [3.05, 3.63) is 48.6 Å². The van der Waals surface area contributed by atoms with Crippen molar-refractivity contribution in [3.63, 3.8) is 0 Å². The third-order valence-electron chi connectivity index (χ3n) is 8.76. The summed E-state index contributed by atoms with van der Waals surface area (Å²) >= 11 is 0. The molecule has 0 bridgehead atoms. The van der Waals surface area contributed by atoms with Crippen LogP contribution < -0.4 is 0 Å². The minimum atomic E-state index is -0.887. The van der Waals surface area contributed by atoms with Gasteiger partial charge in [-0.3, -0.25) is 9.59 Å². The van der Waals surface area contributed by atoms with Crippen molar-refractivity contribution in [3.8, 4) is 0 Å². The van der Waals surface area contributed by atoms with E-state index in [1.165, 1.54) is 70.6 Å². The molecule has 0 aromatic carbocycles. The van der Waals surface area contributed by atoms with E-state index in [2.05, 4.69) is 50.3 Å². The summed E-state index contributed by atoms with van der Waals surface area (Å²) in [6.45, 7) is 4.53. The summed E-state index contributed by atoms with van der Waals surface area (Å²) in [4.78, 5) is 36.8. The van der Waals surface area contributed by atoms with Gasteiger partial charge < -0.3 is 23.8 Å². The molecule has 0 radical (unpaired) electrons. The highest BCUT2D eigenvalue weighted by Gasteiger charge is 2.31. The molecule has 0 aromatic heterocycles. The van der Waals surface area contributed by atoms with Crippen LogP contribution in [-0.2, 0) is 28.6 Å². The molecule has 8 heteroatoms. The van der Waals surface area contributed by atoms with Crippen LogP contribution in [0.5, 0.6) is 0 Å². The minimum absolute atomic E-state index is 0.0331. The number of esters is 2. The van der Waals surface area contributed by atoms with Crippen molar-refractivity contribution in [2.75, 3.05) is 41.0 Å². The molecule has 51 heavy (non-hydrogen) atoms. The Bertz CT molecular complexity index is 979. The zero-order chi connectivity index (χ0) is 37.8. The monoisotopic (exact) mass is 719 g/mol. The van der Waals surface area contributed by atoms with Crippen LogP contribution in [0.4, 0.5) is 0 Å². The molecule has 0 fully saturated rings. The Morgan fingerprint density at radius 2 is 1.10 bits per heavy atom. The van der Waals surface area contributed by atoms with Gasteiger partial charge in [-0.05, 0) is 38.5 Å². The molecule has 0 saturated heterocycles. The molecular formula is C43H76NO7+. The Morgan fingerprint density at radius 3 is 1.59 bits per heavy atom. The van der Waals surface area contributed by atoms with Crippen LogP contribution in [0.25, 0.3) is 0 Å². The fourth-order valence-electron chi connectivity index (χ4n) is 5.63. The molecule has 0 aromatic rings. The number of nitrogens with zero attached hydrogens (tertiary/aromatic N) is 1. The van der Waals surface area contributed by atoms with E-state index in [-0.39, 0.29) is 42.7 Å². The Morgan fingerprint density at radius 1 is 0.608 bits per heavy atom. The molecule has 2 atom stereocenters. The number of allylic oxidation sites excluding steroid dienone is 8. The first-order chi connectivity index (χ1) is 24.6. The molecular weight excluding hydrogens is 642 g/mol. The van der Waals surface area contributed by atoms with Crippen LogP contribution in [0.1, 0.15) is 155 Å². The lowest BCUT2D eigenvalue weighted by Crippen LogP contribution is -2.50. The summed E-state index contributed by atoms with van der Waals surface area (Å²) < 4.78 is 17.1. The fraction of sp³-hybridized carbons (Fsp3) is 0.744. The smallest absolute Gasteiger partial charge is 0.362 e. The van der Waals surface area contributed by atoms with Crippen LogP contribution in [0, 0.1) is 0 Å². The quantitative estimate of drug-likeness (QED) is 0.0301. The van der Waals surface area contributed by atoms with Crippen molar-refractivity contribution in [1.29, 1.82) is 0 Å².